The van der Waals surface area contributed by atoms with Gasteiger partial charge in [-0.25, -0.2) is 4.57 Å². The fourth-order valence-electron chi connectivity index (χ4n) is 7.82. The molecule has 1 N–H and O–H groups in total. The highest BCUT2D eigenvalue weighted by atomic mass is 31.2. The lowest BCUT2D eigenvalue weighted by Crippen LogP contribution is -2.37. The van der Waals surface area contributed by atoms with Gasteiger partial charge in [-0.1, -0.05) is 242 Å². The second-order valence-corrected chi connectivity index (χ2v) is 21.4. The number of ether oxygens (including phenoxy) is 2. The molecule has 0 radical (unpaired) electrons. The number of phosphoric ester groups is 1. The topological polar surface area (TPSA) is 91.3 Å². The van der Waals surface area contributed by atoms with Crippen LogP contribution in [0.25, 0.3) is 0 Å². The Morgan fingerprint density at radius 3 is 1.30 bits per heavy atom. The Labute approximate surface area is 415 Å². The molecule has 67 heavy (non-hydrogen) atoms. The number of carbonyl (C=O) groups is 1. The molecule has 0 spiro atoms. The van der Waals surface area contributed by atoms with Crippen LogP contribution in [0.2, 0.25) is 0 Å². The van der Waals surface area contributed by atoms with Crippen molar-refractivity contribution in [3.8, 4) is 0 Å². The average Bonchev–Trinajstić information content (AvgIpc) is 3.29. The van der Waals surface area contributed by atoms with Gasteiger partial charge in [-0.05, 0) is 57.8 Å². The van der Waals surface area contributed by atoms with Gasteiger partial charge in [-0.3, -0.25) is 13.8 Å². The van der Waals surface area contributed by atoms with Gasteiger partial charge in [0.15, 0.2) is 0 Å². The molecule has 0 saturated carbocycles. The molecular weight excluding hydrogens is 854 g/mol. The summed E-state index contributed by atoms with van der Waals surface area (Å²) < 4.78 is 35.2. The van der Waals surface area contributed by atoms with Gasteiger partial charge in [0, 0.05) is 13.0 Å². The molecule has 8 nitrogen and oxygen atoms in total. The molecule has 392 valence electrons. The minimum Gasteiger partial charge on any atom is -0.457 e. The van der Waals surface area contributed by atoms with Crippen LogP contribution >= 0.6 is 7.82 Å². The van der Waals surface area contributed by atoms with Crippen molar-refractivity contribution in [3.63, 3.8) is 0 Å². The number of hydrogen-bond donors (Lipinski definition) is 1. The van der Waals surface area contributed by atoms with Crippen LogP contribution in [0.4, 0.5) is 0 Å². The Kier molecular flexibility index (Phi) is 49.2. The maximum absolute atomic E-state index is 12.8. The van der Waals surface area contributed by atoms with Gasteiger partial charge < -0.3 is 18.9 Å². The fraction of sp³-hybridized carbons (Fsp3) is 0.810. The van der Waals surface area contributed by atoms with E-state index in [4.69, 9.17) is 18.5 Å². The van der Waals surface area contributed by atoms with Crippen LogP contribution in [0.3, 0.4) is 0 Å². The Bertz CT molecular complexity index is 1260. The second-order valence-electron chi connectivity index (χ2n) is 19.9. The number of carbonyl (C=O) groups excluding carboxylic acids is 1. The normalized spacial score (nSPS) is 13.9. The molecule has 0 amide bonds. The van der Waals surface area contributed by atoms with Crippen LogP contribution in [0.1, 0.15) is 245 Å². The van der Waals surface area contributed by atoms with E-state index in [9.17, 15) is 14.3 Å². The van der Waals surface area contributed by atoms with Crippen molar-refractivity contribution in [1.82, 2.24) is 0 Å². The summed E-state index contributed by atoms with van der Waals surface area (Å²) in [6.45, 7) is 5.54. The molecule has 0 fully saturated rings. The average molecular weight is 963 g/mol. The third-order valence-corrected chi connectivity index (χ3v) is 13.1. The van der Waals surface area contributed by atoms with Crippen molar-refractivity contribution in [3.05, 3.63) is 60.8 Å². The van der Waals surface area contributed by atoms with Gasteiger partial charge in [-0.2, -0.15) is 0 Å². The minimum atomic E-state index is -4.29. The molecule has 0 bridgehead atoms. The number of rotatable bonds is 52. The predicted molar refractivity (Wildman–Crippen MR) is 289 cm³/mol. The molecule has 0 saturated heterocycles. The van der Waals surface area contributed by atoms with E-state index in [1.54, 1.807) is 0 Å². The molecule has 0 aromatic rings. The zero-order valence-electron chi connectivity index (χ0n) is 44.6. The summed E-state index contributed by atoms with van der Waals surface area (Å²) in [4.78, 5) is 23.1. The van der Waals surface area contributed by atoms with Crippen LogP contribution in [0.5, 0.6) is 0 Å². The van der Waals surface area contributed by atoms with E-state index >= 15 is 0 Å². The Morgan fingerprint density at radius 2 is 0.866 bits per heavy atom. The minimum absolute atomic E-state index is 0.0868. The molecule has 0 heterocycles. The predicted octanol–water partition coefficient (Wildman–Crippen LogP) is 17.6. The first kappa shape index (κ1) is 65.2. The Balaban J connectivity index is 4.10. The van der Waals surface area contributed by atoms with Crippen LogP contribution in [-0.2, 0) is 27.9 Å². The van der Waals surface area contributed by atoms with E-state index in [0.717, 1.165) is 70.6 Å². The van der Waals surface area contributed by atoms with Gasteiger partial charge in [-0.15, -0.1) is 0 Å². The highest BCUT2D eigenvalue weighted by molar-refractivity contribution is 7.47. The van der Waals surface area contributed by atoms with E-state index in [2.05, 4.69) is 74.6 Å². The molecule has 0 aliphatic heterocycles. The first-order chi connectivity index (χ1) is 32.6. The number of phosphoric acid groups is 1. The van der Waals surface area contributed by atoms with E-state index < -0.39 is 13.9 Å². The molecule has 0 aromatic heterocycles. The summed E-state index contributed by atoms with van der Waals surface area (Å²) >= 11 is 0. The number of allylic oxidation sites excluding steroid dienone is 10. The largest absolute Gasteiger partial charge is 0.472 e. The van der Waals surface area contributed by atoms with Crippen LogP contribution in [0.15, 0.2) is 60.8 Å². The molecular formula is C58H109NO7P+. The van der Waals surface area contributed by atoms with E-state index in [1.165, 1.54) is 154 Å². The zero-order valence-corrected chi connectivity index (χ0v) is 45.5. The summed E-state index contributed by atoms with van der Waals surface area (Å²) in [6.07, 6.45) is 65.6. The van der Waals surface area contributed by atoms with Gasteiger partial charge in [0.25, 0.3) is 0 Å². The van der Waals surface area contributed by atoms with Crippen molar-refractivity contribution >= 4 is 13.8 Å². The van der Waals surface area contributed by atoms with Gasteiger partial charge >= 0.3 is 13.8 Å². The number of likely N-dealkylation sites (N-methyl/N-ethyl adjacent to an activating group) is 1. The number of nitrogens with zero attached hydrogens (tertiary/aromatic N) is 1. The van der Waals surface area contributed by atoms with Gasteiger partial charge in [0.2, 0.25) is 0 Å². The summed E-state index contributed by atoms with van der Waals surface area (Å²) in [5.41, 5.74) is 0. The second kappa shape index (κ2) is 50.6. The third-order valence-electron chi connectivity index (χ3n) is 12.1. The quantitative estimate of drug-likeness (QED) is 0.0213. The first-order valence-corrected chi connectivity index (χ1v) is 29.5. The smallest absolute Gasteiger partial charge is 0.457 e. The van der Waals surface area contributed by atoms with E-state index in [0.29, 0.717) is 24.1 Å². The molecule has 0 rings (SSSR count). The molecule has 2 unspecified atom stereocenters. The Morgan fingerprint density at radius 1 is 0.478 bits per heavy atom. The highest BCUT2D eigenvalue weighted by Gasteiger charge is 2.26. The summed E-state index contributed by atoms with van der Waals surface area (Å²) in [6, 6.07) is 0. The first-order valence-electron chi connectivity index (χ1n) is 28.0. The monoisotopic (exact) mass is 963 g/mol. The lowest BCUT2D eigenvalue weighted by atomic mass is 10.0. The summed E-state index contributed by atoms with van der Waals surface area (Å²) in [7, 11) is 1.67. The van der Waals surface area contributed by atoms with Crippen LogP contribution in [-0.4, -0.2) is 75.6 Å². The highest BCUT2D eigenvalue weighted by Crippen LogP contribution is 2.43. The number of hydrogen-bond acceptors (Lipinski definition) is 6. The van der Waals surface area contributed by atoms with Crippen LogP contribution in [0, 0.1) is 0 Å². The maximum atomic E-state index is 12.8. The van der Waals surface area contributed by atoms with Crippen molar-refractivity contribution in [2.45, 2.75) is 251 Å². The fourth-order valence-corrected chi connectivity index (χ4v) is 8.56. The Hall–Kier alpha value is -1.80. The summed E-state index contributed by atoms with van der Waals surface area (Å²) in [5, 5.41) is 0. The zero-order chi connectivity index (χ0) is 49.0. The van der Waals surface area contributed by atoms with Crippen LogP contribution < -0.4 is 0 Å². The van der Waals surface area contributed by atoms with E-state index in [-0.39, 0.29) is 25.8 Å². The lowest BCUT2D eigenvalue weighted by Gasteiger charge is -2.24. The number of unbranched alkanes of at least 4 members (excludes halogenated alkanes) is 28. The van der Waals surface area contributed by atoms with Crippen molar-refractivity contribution < 1.29 is 37.3 Å². The molecule has 2 atom stereocenters. The SMILES string of the molecule is CC/C=C\C/C=C\C/C=C\C/C=C\C/C=C\CCCCCCCCCCCC(=O)OC(COCCCCCCCCCCCCCCCCCCCCCC)COP(=O)(O)OCC[N+](C)(C)C. The van der Waals surface area contributed by atoms with E-state index in [1.807, 2.05) is 21.1 Å². The van der Waals surface area contributed by atoms with Crippen molar-refractivity contribution in [2.24, 2.45) is 0 Å². The molecule has 0 aliphatic rings. The number of quaternary nitrogens is 1. The molecule has 0 aromatic carbocycles. The standard InChI is InChI=1S/C58H108NO7P/c1-6-8-10-12-14-16-18-20-22-24-26-28-29-30-31-32-33-35-37-39-41-43-45-47-49-51-58(60)66-57(56-65-67(61,62)64-54-52-59(3,4)5)55-63-53-50-48-46-44-42-40-38-36-34-27-25-23-21-19-17-15-13-11-9-7-2/h8,10,14,16,20,22,26,28,30-31,57H,6-7,9,11-13,15,17-19,21,23-25,27,29,32-56H2,1-5H3/p+1/b10-8-,16-14-,22-20-,28-26-,31-30-. The third kappa shape index (κ3) is 55.0. The molecule has 9 heteroatoms. The van der Waals surface area contributed by atoms with Gasteiger partial charge in [0.1, 0.15) is 19.3 Å². The number of esters is 1. The van der Waals surface area contributed by atoms with Crippen molar-refractivity contribution in [1.29, 1.82) is 0 Å². The molecule has 0 aliphatic carbocycles. The van der Waals surface area contributed by atoms with Gasteiger partial charge in [0.05, 0.1) is 34.4 Å². The lowest BCUT2D eigenvalue weighted by molar-refractivity contribution is -0.870. The summed E-state index contributed by atoms with van der Waals surface area (Å²) in [5.74, 6) is -0.317. The van der Waals surface area contributed by atoms with Crippen molar-refractivity contribution in [2.75, 3.05) is 54.1 Å². The maximum Gasteiger partial charge on any atom is 0.472 e.